The molecular weight excluding hydrogens is 455 g/mol. The molecule has 1 amide bonds. The zero-order chi connectivity index (χ0) is 18.9. The Morgan fingerprint density at radius 1 is 1.11 bits per heavy atom. The van der Waals surface area contributed by atoms with Crippen LogP contribution in [0.25, 0.3) is 0 Å². The third kappa shape index (κ3) is 8.04. The molecule has 27 heavy (non-hydrogen) atoms. The molecule has 1 aromatic rings. The van der Waals surface area contributed by atoms with E-state index in [-0.39, 0.29) is 36.0 Å². The van der Waals surface area contributed by atoms with E-state index in [9.17, 15) is 4.79 Å². The van der Waals surface area contributed by atoms with E-state index in [2.05, 4.69) is 41.4 Å². The van der Waals surface area contributed by atoms with E-state index in [0.29, 0.717) is 13.2 Å². The van der Waals surface area contributed by atoms with Crippen LogP contribution in [0.4, 0.5) is 0 Å². The first-order valence-electron chi connectivity index (χ1n) is 9.47. The smallest absolute Gasteiger partial charge is 0.219 e. The number of carbonyl (C=O) groups excluding carboxylic acids is 1. The number of guanidine groups is 1. The number of hydrogen-bond acceptors (Lipinski definition) is 3. The molecule has 1 aliphatic heterocycles. The van der Waals surface area contributed by atoms with Gasteiger partial charge in [0.05, 0.1) is 19.3 Å². The minimum Gasteiger partial charge on any atom is -0.374 e. The number of hydrogen-bond donors (Lipinski definition) is 1. The Kier molecular flexibility index (Phi) is 10.7. The van der Waals surface area contributed by atoms with Crippen molar-refractivity contribution in [3.05, 3.63) is 35.4 Å². The fourth-order valence-electron chi connectivity index (χ4n) is 2.83. The number of nitrogens with one attached hydrogen (secondary N) is 1. The van der Waals surface area contributed by atoms with Crippen molar-refractivity contribution in [1.82, 2.24) is 15.1 Å². The topological polar surface area (TPSA) is 57.2 Å². The SMILES string of the molecule is CCNC(=NCc1ccc(COC(C)C)cc1)N1CCN(C(C)=O)CC1.I. The van der Waals surface area contributed by atoms with Crippen LogP contribution in [0, 0.1) is 0 Å². The zero-order valence-corrected chi connectivity index (χ0v) is 19.2. The van der Waals surface area contributed by atoms with E-state index in [1.54, 1.807) is 6.92 Å². The summed E-state index contributed by atoms with van der Waals surface area (Å²) in [6.07, 6.45) is 0.241. The summed E-state index contributed by atoms with van der Waals surface area (Å²) in [7, 11) is 0. The summed E-state index contributed by atoms with van der Waals surface area (Å²) in [6.45, 7) is 13.0. The number of halogens is 1. The van der Waals surface area contributed by atoms with E-state index in [4.69, 9.17) is 9.73 Å². The van der Waals surface area contributed by atoms with Crippen molar-refractivity contribution in [3.8, 4) is 0 Å². The van der Waals surface area contributed by atoms with E-state index in [1.807, 2.05) is 18.7 Å². The van der Waals surface area contributed by atoms with Crippen molar-refractivity contribution in [2.45, 2.75) is 47.0 Å². The number of amides is 1. The highest BCUT2D eigenvalue weighted by Gasteiger charge is 2.20. The van der Waals surface area contributed by atoms with Gasteiger partial charge in [-0.1, -0.05) is 24.3 Å². The number of aliphatic imine (C=N–C) groups is 1. The van der Waals surface area contributed by atoms with Crippen LogP contribution in [0.2, 0.25) is 0 Å². The largest absolute Gasteiger partial charge is 0.374 e. The molecule has 0 atom stereocenters. The first-order valence-corrected chi connectivity index (χ1v) is 9.47. The van der Waals surface area contributed by atoms with Crippen LogP contribution in [0.15, 0.2) is 29.3 Å². The molecule has 1 fully saturated rings. The molecule has 0 saturated carbocycles. The summed E-state index contributed by atoms with van der Waals surface area (Å²) >= 11 is 0. The molecular formula is C20H33IN4O2. The standard InChI is InChI=1S/C20H32N4O2.HI/c1-5-21-20(24-12-10-23(11-13-24)17(4)25)22-14-18-6-8-19(9-7-18)15-26-16(2)3;/h6-9,16H,5,10-15H2,1-4H3,(H,21,22);1H. The molecule has 7 heteroatoms. The highest BCUT2D eigenvalue weighted by molar-refractivity contribution is 14.0. The fourth-order valence-corrected chi connectivity index (χ4v) is 2.83. The Morgan fingerprint density at radius 3 is 2.19 bits per heavy atom. The van der Waals surface area contributed by atoms with Crippen LogP contribution < -0.4 is 5.32 Å². The number of rotatable bonds is 6. The Balaban J connectivity index is 0.00000364. The highest BCUT2D eigenvalue weighted by Crippen LogP contribution is 2.09. The van der Waals surface area contributed by atoms with Gasteiger partial charge in [-0.25, -0.2) is 4.99 Å². The number of carbonyl (C=O) groups is 1. The fraction of sp³-hybridized carbons (Fsp3) is 0.600. The maximum Gasteiger partial charge on any atom is 0.219 e. The first kappa shape index (κ1) is 23.7. The Hall–Kier alpha value is -1.35. The molecule has 0 unspecified atom stereocenters. The van der Waals surface area contributed by atoms with Crippen LogP contribution in [0.5, 0.6) is 0 Å². The van der Waals surface area contributed by atoms with Crippen molar-refractivity contribution in [1.29, 1.82) is 0 Å². The molecule has 0 radical (unpaired) electrons. The quantitative estimate of drug-likeness (QED) is 0.380. The second-order valence-corrected chi connectivity index (χ2v) is 6.84. The highest BCUT2D eigenvalue weighted by atomic mass is 127. The van der Waals surface area contributed by atoms with Gasteiger partial charge >= 0.3 is 0 Å². The lowest BCUT2D eigenvalue weighted by atomic mass is 10.1. The van der Waals surface area contributed by atoms with Gasteiger partial charge in [-0.15, -0.1) is 24.0 Å². The monoisotopic (exact) mass is 488 g/mol. The molecule has 1 N–H and O–H groups in total. The molecule has 0 aromatic heterocycles. The van der Waals surface area contributed by atoms with Crippen molar-refractivity contribution in [3.63, 3.8) is 0 Å². The zero-order valence-electron chi connectivity index (χ0n) is 16.9. The van der Waals surface area contributed by atoms with Crippen LogP contribution in [0.3, 0.4) is 0 Å². The Morgan fingerprint density at radius 2 is 1.67 bits per heavy atom. The molecule has 152 valence electrons. The first-order chi connectivity index (χ1) is 12.5. The van der Waals surface area contributed by atoms with Gasteiger partial charge in [0.15, 0.2) is 5.96 Å². The van der Waals surface area contributed by atoms with Gasteiger partial charge in [-0.2, -0.15) is 0 Å². The van der Waals surface area contributed by atoms with Crippen molar-refractivity contribution in [2.24, 2.45) is 4.99 Å². The lowest BCUT2D eigenvalue weighted by molar-refractivity contribution is -0.130. The van der Waals surface area contributed by atoms with Gasteiger partial charge in [-0.3, -0.25) is 4.79 Å². The minimum absolute atomic E-state index is 0. The van der Waals surface area contributed by atoms with Crippen LogP contribution in [-0.4, -0.2) is 60.5 Å². The summed E-state index contributed by atoms with van der Waals surface area (Å²) < 4.78 is 5.63. The van der Waals surface area contributed by atoms with Crippen LogP contribution in [-0.2, 0) is 22.7 Å². The molecule has 2 rings (SSSR count). The predicted molar refractivity (Wildman–Crippen MR) is 120 cm³/mol. The number of benzene rings is 1. The lowest BCUT2D eigenvalue weighted by Gasteiger charge is -2.36. The number of piperazine rings is 1. The molecule has 1 saturated heterocycles. The molecule has 1 heterocycles. The normalized spacial score (nSPS) is 14.9. The Bertz CT molecular complexity index is 597. The van der Waals surface area contributed by atoms with E-state index < -0.39 is 0 Å². The van der Waals surface area contributed by atoms with Gasteiger partial charge in [-0.05, 0) is 31.9 Å². The lowest BCUT2D eigenvalue weighted by Crippen LogP contribution is -2.53. The summed E-state index contributed by atoms with van der Waals surface area (Å²) in [5.74, 6) is 1.07. The summed E-state index contributed by atoms with van der Waals surface area (Å²) in [5.41, 5.74) is 2.36. The summed E-state index contributed by atoms with van der Waals surface area (Å²) in [6, 6.07) is 8.43. The van der Waals surface area contributed by atoms with E-state index >= 15 is 0 Å². The third-order valence-electron chi connectivity index (χ3n) is 4.38. The van der Waals surface area contributed by atoms with Crippen molar-refractivity contribution < 1.29 is 9.53 Å². The summed E-state index contributed by atoms with van der Waals surface area (Å²) in [5, 5.41) is 3.36. The van der Waals surface area contributed by atoms with Gasteiger partial charge in [0, 0.05) is 39.6 Å². The third-order valence-corrected chi connectivity index (χ3v) is 4.38. The second-order valence-electron chi connectivity index (χ2n) is 6.84. The maximum atomic E-state index is 11.5. The Labute approximate surface area is 180 Å². The molecule has 1 aliphatic rings. The molecule has 1 aromatic carbocycles. The second kappa shape index (κ2) is 12.2. The molecule has 0 spiro atoms. The predicted octanol–water partition coefficient (Wildman–Crippen LogP) is 2.86. The molecule has 0 aliphatic carbocycles. The van der Waals surface area contributed by atoms with Gasteiger partial charge < -0.3 is 19.9 Å². The minimum atomic E-state index is 0. The average Bonchev–Trinajstić information content (AvgIpc) is 2.64. The molecule has 6 nitrogen and oxygen atoms in total. The molecule has 0 bridgehead atoms. The average molecular weight is 488 g/mol. The summed E-state index contributed by atoms with van der Waals surface area (Å²) in [4.78, 5) is 20.4. The van der Waals surface area contributed by atoms with Crippen LogP contribution in [0.1, 0.15) is 38.8 Å². The van der Waals surface area contributed by atoms with Gasteiger partial charge in [0.1, 0.15) is 0 Å². The van der Waals surface area contributed by atoms with Gasteiger partial charge in [0.2, 0.25) is 5.91 Å². The maximum absolute atomic E-state index is 11.5. The van der Waals surface area contributed by atoms with Gasteiger partial charge in [0.25, 0.3) is 0 Å². The van der Waals surface area contributed by atoms with E-state index in [0.717, 1.165) is 38.7 Å². The van der Waals surface area contributed by atoms with Crippen molar-refractivity contribution >= 4 is 35.8 Å². The van der Waals surface area contributed by atoms with E-state index in [1.165, 1.54) is 11.1 Å². The number of ether oxygens (including phenoxy) is 1. The number of nitrogens with zero attached hydrogens (tertiary/aromatic N) is 3. The van der Waals surface area contributed by atoms with Crippen LogP contribution >= 0.6 is 24.0 Å². The van der Waals surface area contributed by atoms with Crippen molar-refractivity contribution in [2.75, 3.05) is 32.7 Å².